The van der Waals surface area contributed by atoms with Crippen LogP contribution >= 0.6 is 0 Å². The van der Waals surface area contributed by atoms with Gasteiger partial charge in [0.05, 0.1) is 13.1 Å². The van der Waals surface area contributed by atoms with Crippen LogP contribution in [0, 0.1) is 5.92 Å². The fourth-order valence-electron chi connectivity index (χ4n) is 2.68. The Morgan fingerprint density at radius 2 is 1.78 bits per heavy atom. The monoisotopic (exact) mass is 387 g/mol. The Morgan fingerprint density at radius 1 is 1.15 bits per heavy atom. The molecule has 1 rings (SSSR count). The van der Waals surface area contributed by atoms with E-state index in [0.29, 0.717) is 5.69 Å². The highest BCUT2D eigenvalue weighted by Gasteiger charge is 2.33. The molecule has 8 heteroatoms. The van der Waals surface area contributed by atoms with E-state index in [1.807, 2.05) is 25.1 Å². The zero-order chi connectivity index (χ0) is 20.6. The molecule has 0 spiro atoms. The topological polar surface area (TPSA) is 52.7 Å². The number of rotatable bonds is 9. The van der Waals surface area contributed by atoms with E-state index in [0.717, 1.165) is 16.9 Å². The Balaban J connectivity index is 2.63. The number of para-hydroxylation sites is 1. The number of carbonyl (C=O) groups excluding carboxylic acids is 2. The van der Waals surface area contributed by atoms with Gasteiger partial charge in [-0.2, -0.15) is 13.2 Å². The minimum absolute atomic E-state index is 0.0161. The molecule has 0 radical (unpaired) electrons. The first-order valence-electron chi connectivity index (χ1n) is 8.92. The number of nitrogens with zero attached hydrogens (tertiary/aromatic N) is 2. The van der Waals surface area contributed by atoms with Gasteiger partial charge in [0.15, 0.2) is 0 Å². The van der Waals surface area contributed by atoms with Crippen LogP contribution in [-0.2, 0) is 16.0 Å². The smallest absolute Gasteiger partial charge is 0.332 e. The van der Waals surface area contributed by atoms with Gasteiger partial charge in [0.2, 0.25) is 11.8 Å². The summed E-state index contributed by atoms with van der Waals surface area (Å²) in [5.41, 5.74) is 1.68. The van der Waals surface area contributed by atoms with Gasteiger partial charge in [-0.3, -0.25) is 14.5 Å². The molecular formula is C19H28F3N3O2. The van der Waals surface area contributed by atoms with Crippen LogP contribution in [0.5, 0.6) is 0 Å². The van der Waals surface area contributed by atoms with Crippen molar-refractivity contribution in [3.8, 4) is 0 Å². The molecule has 2 amide bonds. The molecule has 0 aliphatic rings. The Hall–Kier alpha value is -2.09. The second-order valence-electron chi connectivity index (χ2n) is 7.01. The van der Waals surface area contributed by atoms with E-state index >= 15 is 0 Å². The molecule has 0 unspecified atom stereocenters. The third kappa shape index (κ3) is 8.90. The molecule has 0 fully saturated rings. The lowest BCUT2D eigenvalue weighted by atomic mass is 10.1. The van der Waals surface area contributed by atoms with Crippen molar-refractivity contribution >= 4 is 17.5 Å². The van der Waals surface area contributed by atoms with E-state index in [4.69, 9.17) is 0 Å². The van der Waals surface area contributed by atoms with Crippen molar-refractivity contribution in [2.45, 2.75) is 33.4 Å². The zero-order valence-corrected chi connectivity index (χ0v) is 16.3. The Kier molecular flexibility index (Phi) is 8.75. The maximum absolute atomic E-state index is 12.7. The maximum Gasteiger partial charge on any atom is 0.406 e. The lowest BCUT2D eigenvalue weighted by Gasteiger charge is -2.27. The molecule has 0 saturated carbocycles. The fraction of sp³-hybridized carbons (Fsp3) is 0.579. The van der Waals surface area contributed by atoms with Gasteiger partial charge >= 0.3 is 6.18 Å². The number of amides is 2. The quantitative estimate of drug-likeness (QED) is 0.708. The number of alkyl halides is 3. The molecule has 0 bridgehead atoms. The molecule has 5 nitrogen and oxygen atoms in total. The number of likely N-dealkylation sites (N-methyl/N-ethyl adjacent to an activating group) is 1. The number of carbonyl (C=O) groups is 2. The summed E-state index contributed by atoms with van der Waals surface area (Å²) in [6.45, 7) is 3.85. The van der Waals surface area contributed by atoms with Gasteiger partial charge < -0.3 is 10.2 Å². The van der Waals surface area contributed by atoms with E-state index < -0.39 is 18.6 Å². The van der Waals surface area contributed by atoms with E-state index in [1.165, 1.54) is 11.9 Å². The molecule has 0 aliphatic carbocycles. The summed E-state index contributed by atoms with van der Waals surface area (Å²) in [4.78, 5) is 26.7. The summed E-state index contributed by atoms with van der Waals surface area (Å²) in [7, 11) is 1.53. The average Bonchev–Trinajstić information content (AvgIpc) is 2.52. The largest absolute Gasteiger partial charge is 0.406 e. The van der Waals surface area contributed by atoms with Gasteiger partial charge in [-0.1, -0.05) is 39.0 Å². The summed E-state index contributed by atoms with van der Waals surface area (Å²) >= 11 is 0. The number of hydrogen-bond donors (Lipinski definition) is 1. The van der Waals surface area contributed by atoms with Crippen LogP contribution in [0.2, 0.25) is 0 Å². The van der Waals surface area contributed by atoms with E-state index in [-0.39, 0.29) is 31.5 Å². The van der Waals surface area contributed by atoms with Crippen LogP contribution in [0.3, 0.4) is 0 Å². The maximum atomic E-state index is 12.7. The summed E-state index contributed by atoms with van der Waals surface area (Å²) in [5.74, 6) is -1.06. The molecule has 1 N–H and O–H groups in total. The van der Waals surface area contributed by atoms with Crippen molar-refractivity contribution in [1.29, 1.82) is 0 Å². The van der Waals surface area contributed by atoms with Gasteiger partial charge in [-0.15, -0.1) is 0 Å². The first kappa shape index (κ1) is 23.0. The number of aryl methyl sites for hydroxylation is 1. The number of benzene rings is 1. The molecule has 152 valence electrons. The normalized spacial score (nSPS) is 11.7. The average molecular weight is 387 g/mol. The van der Waals surface area contributed by atoms with Gasteiger partial charge in [-0.25, -0.2) is 0 Å². The SMILES string of the molecule is CCc1ccccc1NC(=O)CN(C)CC(=O)N(CC(C)C)CC(F)(F)F. The molecule has 1 aromatic rings. The molecule has 0 aliphatic heterocycles. The number of nitrogens with one attached hydrogen (secondary N) is 1. The molecular weight excluding hydrogens is 359 g/mol. The molecule has 0 saturated heterocycles. The summed E-state index contributed by atoms with van der Waals surface area (Å²) in [5, 5.41) is 2.78. The first-order chi connectivity index (χ1) is 12.5. The summed E-state index contributed by atoms with van der Waals surface area (Å²) < 4.78 is 38.1. The molecule has 0 heterocycles. The van der Waals surface area contributed by atoms with Crippen molar-refractivity contribution in [3.63, 3.8) is 0 Å². The minimum Gasteiger partial charge on any atom is -0.332 e. The van der Waals surface area contributed by atoms with Crippen LogP contribution in [-0.4, -0.2) is 61.0 Å². The predicted octanol–water partition coefficient (Wildman–Crippen LogP) is 3.17. The van der Waals surface area contributed by atoms with E-state index in [1.54, 1.807) is 19.9 Å². The van der Waals surface area contributed by atoms with Gasteiger partial charge in [0.25, 0.3) is 0 Å². The van der Waals surface area contributed by atoms with Crippen molar-refractivity contribution < 1.29 is 22.8 Å². The van der Waals surface area contributed by atoms with E-state index in [9.17, 15) is 22.8 Å². The van der Waals surface area contributed by atoms with Gasteiger partial charge in [0.1, 0.15) is 6.54 Å². The standard InChI is InChI=1S/C19H28F3N3O2/c1-5-15-8-6-7-9-16(15)23-17(26)11-24(4)12-18(27)25(10-14(2)3)13-19(20,21)22/h6-9,14H,5,10-13H2,1-4H3,(H,23,26). The predicted molar refractivity (Wildman–Crippen MR) is 99.4 cm³/mol. The lowest BCUT2D eigenvalue weighted by molar-refractivity contribution is -0.162. The third-order valence-corrected chi connectivity index (χ3v) is 3.80. The highest BCUT2D eigenvalue weighted by atomic mass is 19.4. The van der Waals surface area contributed by atoms with Crippen molar-refractivity contribution in [2.24, 2.45) is 5.92 Å². The highest BCUT2D eigenvalue weighted by Crippen LogP contribution is 2.18. The van der Waals surface area contributed by atoms with Crippen molar-refractivity contribution in [2.75, 3.05) is 38.5 Å². The van der Waals surface area contributed by atoms with Crippen LogP contribution in [0.15, 0.2) is 24.3 Å². The van der Waals surface area contributed by atoms with Crippen molar-refractivity contribution in [1.82, 2.24) is 9.80 Å². The number of halogens is 3. The summed E-state index contributed by atoms with van der Waals surface area (Å²) in [6.07, 6.45) is -3.70. The number of anilines is 1. The summed E-state index contributed by atoms with van der Waals surface area (Å²) in [6, 6.07) is 7.38. The van der Waals surface area contributed by atoms with Crippen LogP contribution in [0.25, 0.3) is 0 Å². The van der Waals surface area contributed by atoms with Crippen LogP contribution in [0.1, 0.15) is 26.3 Å². The molecule has 0 atom stereocenters. The van der Waals surface area contributed by atoms with E-state index in [2.05, 4.69) is 5.32 Å². The zero-order valence-electron chi connectivity index (χ0n) is 16.3. The number of hydrogen-bond acceptors (Lipinski definition) is 3. The van der Waals surface area contributed by atoms with Gasteiger partial charge in [-0.05, 0) is 31.0 Å². The van der Waals surface area contributed by atoms with Gasteiger partial charge in [0, 0.05) is 12.2 Å². The molecule has 1 aromatic carbocycles. The van der Waals surface area contributed by atoms with Crippen LogP contribution in [0.4, 0.5) is 18.9 Å². The van der Waals surface area contributed by atoms with Crippen LogP contribution < -0.4 is 5.32 Å². The Morgan fingerprint density at radius 3 is 2.33 bits per heavy atom. The van der Waals surface area contributed by atoms with Crippen molar-refractivity contribution in [3.05, 3.63) is 29.8 Å². The lowest BCUT2D eigenvalue weighted by Crippen LogP contribution is -2.46. The Labute approximate surface area is 158 Å². The minimum atomic E-state index is -4.45. The highest BCUT2D eigenvalue weighted by molar-refractivity contribution is 5.93. The molecule has 27 heavy (non-hydrogen) atoms. The fourth-order valence-corrected chi connectivity index (χ4v) is 2.68. The molecule has 0 aromatic heterocycles. The first-order valence-corrected chi connectivity index (χ1v) is 8.92. The second kappa shape index (κ2) is 10.3. The second-order valence-corrected chi connectivity index (χ2v) is 7.01. The Bertz CT molecular complexity index is 633. The third-order valence-electron chi connectivity index (χ3n) is 3.80.